The largest absolute Gasteiger partial charge is 0.263 e. The molecule has 2 rings (SSSR count). The van der Waals surface area contributed by atoms with E-state index < -0.39 is 10.0 Å². The fourth-order valence-electron chi connectivity index (χ4n) is 1.91. The summed E-state index contributed by atoms with van der Waals surface area (Å²) in [6.45, 7) is 0.767. The average Bonchev–Trinajstić information content (AvgIpc) is 2.40. The molecule has 0 bridgehead atoms. The monoisotopic (exact) mass is 251 g/mol. The van der Waals surface area contributed by atoms with Crippen LogP contribution in [0.2, 0.25) is 0 Å². The van der Waals surface area contributed by atoms with Gasteiger partial charge in [0.25, 0.3) is 0 Å². The minimum Gasteiger partial charge on any atom is -0.263 e. The van der Waals surface area contributed by atoms with E-state index in [-0.39, 0.29) is 17.4 Å². The van der Waals surface area contributed by atoms with Gasteiger partial charge in [-0.3, -0.25) is 4.98 Å². The lowest BCUT2D eigenvalue weighted by Crippen LogP contribution is -2.39. The maximum Gasteiger partial charge on any atom is 0.244 e. The first kappa shape index (κ1) is 12.0. The lowest BCUT2D eigenvalue weighted by molar-refractivity contribution is 0.305. The number of hydrogen-bond donors (Lipinski definition) is 0. The fraction of sp³-hybridized carbons (Fsp3) is 0.455. The molecule has 1 aliphatic rings. The summed E-state index contributed by atoms with van der Waals surface area (Å²) in [6, 6.07) is 5.26. The summed E-state index contributed by atoms with van der Waals surface area (Å²) in [7, 11) is -3.49. The van der Waals surface area contributed by atoms with E-state index in [4.69, 9.17) is 5.26 Å². The molecule has 1 aromatic rings. The second kappa shape index (κ2) is 4.82. The molecule has 1 aliphatic heterocycles. The summed E-state index contributed by atoms with van der Waals surface area (Å²) >= 11 is 0. The van der Waals surface area contributed by atoms with E-state index in [9.17, 15) is 8.42 Å². The van der Waals surface area contributed by atoms with Crippen molar-refractivity contribution in [1.82, 2.24) is 9.29 Å². The first-order valence-corrected chi connectivity index (χ1v) is 6.88. The number of rotatable bonds is 2. The summed E-state index contributed by atoms with van der Waals surface area (Å²) in [5.74, 6) is -0.199. The molecule has 1 fully saturated rings. The zero-order chi connectivity index (χ0) is 12.3. The van der Waals surface area contributed by atoms with Crippen LogP contribution < -0.4 is 0 Å². The van der Waals surface area contributed by atoms with Crippen LogP contribution in [0.4, 0.5) is 0 Å². The van der Waals surface area contributed by atoms with Gasteiger partial charge in [-0.05, 0) is 25.0 Å². The molecular weight excluding hydrogens is 238 g/mol. The molecule has 0 saturated carbocycles. The van der Waals surface area contributed by atoms with Crippen LogP contribution in [0.5, 0.6) is 0 Å². The van der Waals surface area contributed by atoms with Crippen LogP contribution in [0.25, 0.3) is 0 Å². The Balaban J connectivity index is 2.25. The minimum absolute atomic E-state index is 0.193. The van der Waals surface area contributed by atoms with E-state index >= 15 is 0 Å². The van der Waals surface area contributed by atoms with Gasteiger partial charge in [-0.2, -0.15) is 9.57 Å². The maximum absolute atomic E-state index is 12.2. The second-order valence-corrected chi connectivity index (χ2v) is 5.96. The third-order valence-electron chi connectivity index (χ3n) is 2.84. The van der Waals surface area contributed by atoms with Crippen molar-refractivity contribution in [2.45, 2.75) is 17.7 Å². The normalized spacial score (nSPS) is 21.9. The topological polar surface area (TPSA) is 74.1 Å². The molecular formula is C11H13N3O2S. The maximum atomic E-state index is 12.2. The minimum atomic E-state index is -3.49. The first-order chi connectivity index (χ1) is 8.14. The van der Waals surface area contributed by atoms with Crippen LogP contribution in [0.3, 0.4) is 0 Å². The Hall–Kier alpha value is -1.45. The smallest absolute Gasteiger partial charge is 0.244 e. The Kier molecular flexibility index (Phi) is 3.41. The summed E-state index contributed by atoms with van der Waals surface area (Å²) in [6.07, 6.45) is 4.38. The fourth-order valence-corrected chi connectivity index (χ4v) is 3.40. The molecule has 6 heteroatoms. The number of hydrogen-bond acceptors (Lipinski definition) is 4. The molecule has 0 N–H and O–H groups in total. The molecule has 90 valence electrons. The van der Waals surface area contributed by atoms with Crippen LogP contribution in [-0.2, 0) is 10.0 Å². The van der Waals surface area contributed by atoms with E-state index in [2.05, 4.69) is 11.1 Å². The van der Waals surface area contributed by atoms with Crippen LogP contribution in [0.15, 0.2) is 29.4 Å². The lowest BCUT2D eigenvalue weighted by Gasteiger charge is -2.28. The SMILES string of the molecule is N#CC1CCCN(S(=O)(=O)c2cccnc2)C1. The third-order valence-corrected chi connectivity index (χ3v) is 4.69. The first-order valence-electron chi connectivity index (χ1n) is 5.44. The molecule has 1 aromatic heterocycles. The Labute approximate surface area is 101 Å². The molecule has 1 unspecified atom stereocenters. The summed E-state index contributed by atoms with van der Waals surface area (Å²) < 4.78 is 25.8. The lowest BCUT2D eigenvalue weighted by atomic mass is 10.0. The molecule has 0 aromatic carbocycles. The van der Waals surface area contributed by atoms with Crippen LogP contribution in [0.1, 0.15) is 12.8 Å². The average molecular weight is 251 g/mol. The predicted molar refractivity (Wildman–Crippen MR) is 61.3 cm³/mol. The number of aromatic nitrogens is 1. The Morgan fingerprint density at radius 1 is 1.53 bits per heavy atom. The Morgan fingerprint density at radius 2 is 2.35 bits per heavy atom. The van der Waals surface area contributed by atoms with Crippen LogP contribution in [0, 0.1) is 17.2 Å². The Bertz CT molecular complexity index is 521. The van der Waals surface area contributed by atoms with Crippen molar-refractivity contribution >= 4 is 10.0 Å². The molecule has 0 radical (unpaired) electrons. The summed E-state index contributed by atoms with van der Waals surface area (Å²) in [4.78, 5) is 4.01. The van der Waals surface area contributed by atoms with Crippen molar-refractivity contribution in [3.05, 3.63) is 24.5 Å². The van der Waals surface area contributed by atoms with Crippen LogP contribution in [-0.4, -0.2) is 30.8 Å². The zero-order valence-electron chi connectivity index (χ0n) is 9.28. The van der Waals surface area contributed by atoms with E-state index in [0.29, 0.717) is 6.54 Å². The third kappa shape index (κ3) is 2.46. The predicted octanol–water partition coefficient (Wildman–Crippen LogP) is 1.01. The molecule has 0 aliphatic carbocycles. The number of sulfonamides is 1. The van der Waals surface area contributed by atoms with Crippen LogP contribution >= 0.6 is 0 Å². The van der Waals surface area contributed by atoms with Gasteiger partial charge in [0.2, 0.25) is 10.0 Å². The number of nitriles is 1. The van der Waals surface area contributed by atoms with Crippen molar-refractivity contribution in [1.29, 1.82) is 5.26 Å². The van der Waals surface area contributed by atoms with Gasteiger partial charge in [-0.15, -0.1) is 0 Å². The molecule has 1 atom stereocenters. The molecule has 1 saturated heterocycles. The van der Waals surface area contributed by atoms with Gasteiger partial charge in [-0.25, -0.2) is 8.42 Å². The molecule has 0 spiro atoms. The standard InChI is InChI=1S/C11H13N3O2S/c12-7-10-3-2-6-14(9-10)17(15,16)11-4-1-5-13-8-11/h1,4-5,8,10H,2-3,6,9H2. The highest BCUT2D eigenvalue weighted by Crippen LogP contribution is 2.22. The molecule has 5 nitrogen and oxygen atoms in total. The quantitative estimate of drug-likeness (QED) is 0.786. The number of piperidine rings is 1. The van der Waals surface area contributed by atoms with Gasteiger partial charge in [0, 0.05) is 25.5 Å². The van der Waals surface area contributed by atoms with E-state index in [1.54, 1.807) is 6.07 Å². The highest BCUT2D eigenvalue weighted by molar-refractivity contribution is 7.89. The van der Waals surface area contributed by atoms with Crippen molar-refractivity contribution in [3.8, 4) is 6.07 Å². The van der Waals surface area contributed by atoms with Gasteiger partial charge in [0.1, 0.15) is 4.90 Å². The van der Waals surface area contributed by atoms with Crippen molar-refractivity contribution < 1.29 is 8.42 Å². The highest BCUT2D eigenvalue weighted by Gasteiger charge is 2.30. The number of pyridine rings is 1. The Morgan fingerprint density at radius 3 is 3.00 bits per heavy atom. The zero-order valence-corrected chi connectivity index (χ0v) is 10.1. The molecule has 17 heavy (non-hydrogen) atoms. The highest BCUT2D eigenvalue weighted by atomic mass is 32.2. The summed E-state index contributed by atoms with van der Waals surface area (Å²) in [5, 5.41) is 8.86. The summed E-state index contributed by atoms with van der Waals surface area (Å²) in [5.41, 5.74) is 0. The number of nitrogens with zero attached hydrogens (tertiary/aromatic N) is 3. The van der Waals surface area contributed by atoms with Crippen molar-refractivity contribution in [3.63, 3.8) is 0 Å². The second-order valence-electron chi connectivity index (χ2n) is 4.02. The molecule has 0 amide bonds. The van der Waals surface area contributed by atoms with E-state index in [1.807, 2.05) is 0 Å². The van der Waals surface area contributed by atoms with Gasteiger partial charge >= 0.3 is 0 Å². The van der Waals surface area contributed by atoms with Crippen molar-refractivity contribution in [2.24, 2.45) is 5.92 Å². The van der Waals surface area contributed by atoms with Gasteiger partial charge in [-0.1, -0.05) is 0 Å². The van der Waals surface area contributed by atoms with E-state index in [0.717, 1.165) is 12.8 Å². The van der Waals surface area contributed by atoms with Gasteiger partial charge in [0.15, 0.2) is 0 Å². The van der Waals surface area contributed by atoms with Crippen molar-refractivity contribution in [2.75, 3.05) is 13.1 Å². The molecule has 2 heterocycles. The van der Waals surface area contributed by atoms with Gasteiger partial charge in [0.05, 0.1) is 12.0 Å². The van der Waals surface area contributed by atoms with E-state index in [1.165, 1.54) is 22.8 Å². The van der Waals surface area contributed by atoms with Gasteiger partial charge < -0.3 is 0 Å².